The predicted octanol–water partition coefficient (Wildman–Crippen LogP) is 2.38. The Kier molecular flexibility index (Phi) is 2.91. The number of amides is 1. The molecule has 0 N–H and O–H groups in total. The van der Waals surface area contributed by atoms with Crippen LogP contribution in [0.4, 0.5) is 5.69 Å². The lowest BCUT2D eigenvalue weighted by molar-refractivity contribution is -0.120. The van der Waals surface area contributed by atoms with E-state index in [1.54, 1.807) is 0 Å². The highest BCUT2D eigenvalue weighted by Crippen LogP contribution is 2.57. The van der Waals surface area contributed by atoms with E-state index in [9.17, 15) is 4.79 Å². The van der Waals surface area contributed by atoms with Crippen molar-refractivity contribution >= 4 is 24.2 Å². The summed E-state index contributed by atoms with van der Waals surface area (Å²) in [7, 11) is -0.380. The largest absolute Gasteiger partial charge is 0.494 e. The van der Waals surface area contributed by atoms with Gasteiger partial charge in [-0.2, -0.15) is 0 Å². The number of carbonyl (C=O) groups excluding carboxylic acids is 1. The third kappa shape index (κ3) is 1.90. The predicted molar refractivity (Wildman–Crippen MR) is 91.1 cm³/mol. The van der Waals surface area contributed by atoms with Crippen molar-refractivity contribution < 1.29 is 14.1 Å². The van der Waals surface area contributed by atoms with Gasteiger partial charge < -0.3 is 14.2 Å². The standard InChI is InChI=1S/C18H24BNO3/c1-6-20-14-11-12(19-22-16(2,3)17(4,5)23-19)7-8-13(14)18(9-10-18)15(20)21/h7-8,11H,6,9-10H2,1-5H3. The molecule has 2 aliphatic heterocycles. The summed E-state index contributed by atoms with van der Waals surface area (Å²) in [6.07, 6.45) is 1.95. The monoisotopic (exact) mass is 313 g/mol. The van der Waals surface area contributed by atoms with Gasteiger partial charge in [-0.25, -0.2) is 0 Å². The fourth-order valence-electron chi connectivity index (χ4n) is 3.71. The number of hydrogen-bond acceptors (Lipinski definition) is 3. The van der Waals surface area contributed by atoms with Gasteiger partial charge in [0.15, 0.2) is 0 Å². The quantitative estimate of drug-likeness (QED) is 0.787. The van der Waals surface area contributed by atoms with Gasteiger partial charge in [0.1, 0.15) is 0 Å². The summed E-state index contributed by atoms with van der Waals surface area (Å²) in [5.41, 5.74) is 2.29. The first-order chi connectivity index (χ1) is 10.7. The average molecular weight is 313 g/mol. The first-order valence-electron chi connectivity index (χ1n) is 8.54. The highest BCUT2D eigenvalue weighted by atomic mass is 16.7. The molecule has 23 heavy (non-hydrogen) atoms. The van der Waals surface area contributed by atoms with E-state index in [0.29, 0.717) is 6.54 Å². The SMILES string of the molecule is CCN1C(=O)C2(CC2)c2ccc(B3OC(C)(C)C(C)(C)O3)cc21. The van der Waals surface area contributed by atoms with Gasteiger partial charge in [0.2, 0.25) is 5.91 Å². The second-order valence-corrected chi connectivity index (χ2v) is 8.00. The van der Waals surface area contributed by atoms with E-state index in [2.05, 4.69) is 45.9 Å². The summed E-state index contributed by atoms with van der Waals surface area (Å²) in [6.45, 7) is 11.0. The first-order valence-corrected chi connectivity index (χ1v) is 8.54. The van der Waals surface area contributed by atoms with Crippen LogP contribution in [-0.2, 0) is 19.5 Å². The number of fused-ring (bicyclic) bond motifs is 2. The molecule has 4 rings (SSSR count). The molecule has 0 unspecified atom stereocenters. The molecule has 1 aromatic carbocycles. The Morgan fingerprint density at radius 3 is 2.26 bits per heavy atom. The molecule has 0 atom stereocenters. The third-order valence-corrected chi connectivity index (χ3v) is 6.07. The maximum Gasteiger partial charge on any atom is 0.494 e. The molecule has 3 aliphatic rings. The molecule has 1 aromatic rings. The summed E-state index contributed by atoms with van der Waals surface area (Å²) in [5, 5.41) is 0. The zero-order chi connectivity index (χ0) is 16.6. The molecule has 4 nitrogen and oxygen atoms in total. The molecular weight excluding hydrogens is 289 g/mol. The fourth-order valence-corrected chi connectivity index (χ4v) is 3.71. The van der Waals surface area contributed by atoms with E-state index in [0.717, 1.165) is 24.0 Å². The summed E-state index contributed by atoms with van der Waals surface area (Å²) in [6, 6.07) is 6.26. The Morgan fingerprint density at radius 1 is 1.13 bits per heavy atom. The van der Waals surface area contributed by atoms with Crippen molar-refractivity contribution in [3.05, 3.63) is 23.8 Å². The molecule has 5 heteroatoms. The van der Waals surface area contributed by atoms with E-state index >= 15 is 0 Å². The molecule has 122 valence electrons. The average Bonchev–Trinajstić information content (AvgIpc) is 3.19. The summed E-state index contributed by atoms with van der Waals surface area (Å²) >= 11 is 0. The minimum atomic E-state index is -0.380. The van der Waals surface area contributed by atoms with Crippen molar-refractivity contribution in [1.82, 2.24) is 0 Å². The second-order valence-electron chi connectivity index (χ2n) is 8.00. The van der Waals surface area contributed by atoms with Gasteiger partial charge in [-0.15, -0.1) is 0 Å². The van der Waals surface area contributed by atoms with Crippen LogP contribution >= 0.6 is 0 Å². The minimum absolute atomic E-state index is 0.222. The second kappa shape index (κ2) is 4.39. The minimum Gasteiger partial charge on any atom is -0.399 e. The highest BCUT2D eigenvalue weighted by Gasteiger charge is 2.59. The van der Waals surface area contributed by atoms with Crippen LogP contribution < -0.4 is 10.4 Å². The van der Waals surface area contributed by atoms with Crippen LogP contribution in [0.25, 0.3) is 0 Å². The Bertz CT molecular complexity index is 678. The number of carbonyl (C=O) groups is 1. The van der Waals surface area contributed by atoms with Crippen molar-refractivity contribution in [2.24, 2.45) is 0 Å². The van der Waals surface area contributed by atoms with Crippen LogP contribution in [0.3, 0.4) is 0 Å². The van der Waals surface area contributed by atoms with Crippen LogP contribution in [0.2, 0.25) is 0 Å². The normalized spacial score (nSPS) is 26.0. The fraction of sp³-hybridized carbons (Fsp3) is 0.611. The van der Waals surface area contributed by atoms with Gasteiger partial charge in [-0.05, 0) is 64.6 Å². The molecule has 1 saturated carbocycles. The van der Waals surface area contributed by atoms with Gasteiger partial charge >= 0.3 is 7.12 Å². The molecule has 1 aliphatic carbocycles. The van der Waals surface area contributed by atoms with Gasteiger partial charge in [0.25, 0.3) is 0 Å². The molecule has 0 radical (unpaired) electrons. The zero-order valence-electron chi connectivity index (χ0n) is 14.6. The van der Waals surface area contributed by atoms with Crippen molar-refractivity contribution in [2.45, 2.75) is 64.1 Å². The molecule has 0 aromatic heterocycles. The smallest absolute Gasteiger partial charge is 0.399 e. The van der Waals surface area contributed by atoms with E-state index in [4.69, 9.17) is 9.31 Å². The van der Waals surface area contributed by atoms with E-state index in [1.165, 1.54) is 5.56 Å². The van der Waals surface area contributed by atoms with Crippen LogP contribution in [0.1, 0.15) is 53.0 Å². The van der Waals surface area contributed by atoms with Crippen LogP contribution in [0.5, 0.6) is 0 Å². The van der Waals surface area contributed by atoms with Gasteiger partial charge in [0.05, 0.1) is 16.6 Å². The Balaban J connectivity index is 1.72. The molecular formula is C18H24BNO3. The van der Waals surface area contributed by atoms with E-state index in [-0.39, 0.29) is 29.6 Å². The highest BCUT2D eigenvalue weighted by molar-refractivity contribution is 6.62. The Labute approximate surface area is 138 Å². The van der Waals surface area contributed by atoms with Gasteiger partial charge in [-0.3, -0.25) is 4.79 Å². The number of rotatable bonds is 2. The molecule has 2 fully saturated rings. The molecule has 0 bridgehead atoms. The summed E-state index contributed by atoms with van der Waals surface area (Å²) in [4.78, 5) is 14.6. The van der Waals surface area contributed by atoms with E-state index in [1.807, 2.05) is 11.8 Å². The maximum atomic E-state index is 12.7. The van der Waals surface area contributed by atoms with Gasteiger partial charge in [0, 0.05) is 12.2 Å². The van der Waals surface area contributed by atoms with Crippen molar-refractivity contribution in [3.8, 4) is 0 Å². The van der Waals surface area contributed by atoms with Crippen molar-refractivity contribution in [2.75, 3.05) is 11.4 Å². The zero-order valence-corrected chi connectivity index (χ0v) is 14.6. The van der Waals surface area contributed by atoms with Crippen LogP contribution in [0, 0.1) is 0 Å². The maximum absolute atomic E-state index is 12.7. The van der Waals surface area contributed by atoms with Crippen LogP contribution in [-0.4, -0.2) is 30.8 Å². The number of nitrogens with zero attached hydrogens (tertiary/aromatic N) is 1. The molecule has 1 spiro atoms. The number of anilines is 1. The Morgan fingerprint density at radius 2 is 1.74 bits per heavy atom. The number of hydrogen-bond donors (Lipinski definition) is 0. The Hall–Kier alpha value is -1.33. The van der Waals surface area contributed by atoms with Gasteiger partial charge in [-0.1, -0.05) is 12.1 Å². The lowest BCUT2D eigenvalue weighted by atomic mass is 9.78. The summed E-state index contributed by atoms with van der Waals surface area (Å²) in [5.74, 6) is 0.265. The number of likely N-dealkylation sites (N-methyl/N-ethyl adjacent to an activating group) is 1. The molecule has 1 amide bonds. The lowest BCUT2D eigenvalue weighted by Gasteiger charge is -2.32. The lowest BCUT2D eigenvalue weighted by Crippen LogP contribution is -2.41. The van der Waals surface area contributed by atoms with Crippen molar-refractivity contribution in [3.63, 3.8) is 0 Å². The molecule has 2 heterocycles. The van der Waals surface area contributed by atoms with Crippen LogP contribution in [0.15, 0.2) is 18.2 Å². The van der Waals surface area contributed by atoms with E-state index < -0.39 is 0 Å². The molecule has 1 saturated heterocycles. The summed E-state index contributed by atoms with van der Waals surface area (Å²) < 4.78 is 12.3. The third-order valence-electron chi connectivity index (χ3n) is 6.07. The first kappa shape index (κ1) is 15.2. The van der Waals surface area contributed by atoms with Crippen molar-refractivity contribution in [1.29, 1.82) is 0 Å². The topological polar surface area (TPSA) is 38.8 Å². The number of benzene rings is 1.